The highest BCUT2D eigenvalue weighted by Crippen LogP contribution is 2.39. The van der Waals surface area contributed by atoms with Crippen LogP contribution in [0.2, 0.25) is 0 Å². The van der Waals surface area contributed by atoms with Crippen molar-refractivity contribution in [2.45, 2.75) is 19.8 Å². The zero-order valence-corrected chi connectivity index (χ0v) is 15.4. The number of aryl methyl sites for hydroxylation is 1. The fourth-order valence-corrected chi connectivity index (χ4v) is 2.72. The maximum atomic E-state index is 12.2. The van der Waals surface area contributed by atoms with E-state index in [-0.39, 0.29) is 23.7 Å². The molecule has 1 aromatic carbocycles. The Morgan fingerprint density at radius 3 is 2.61 bits per heavy atom. The first-order valence-electron chi connectivity index (χ1n) is 7.88. The lowest BCUT2D eigenvalue weighted by molar-refractivity contribution is -0.125. The second kappa shape index (κ2) is 7.93. The minimum atomic E-state index is -0.201. The van der Waals surface area contributed by atoms with Crippen molar-refractivity contribution in [1.82, 2.24) is 10.2 Å². The first-order valence-corrected chi connectivity index (χ1v) is 8.67. The van der Waals surface area contributed by atoms with Gasteiger partial charge in [-0.2, -0.15) is 0 Å². The van der Waals surface area contributed by atoms with E-state index in [1.54, 1.807) is 0 Å². The lowest BCUT2D eigenvalue weighted by Crippen LogP contribution is -2.30. The van der Waals surface area contributed by atoms with Crippen molar-refractivity contribution >= 4 is 33.4 Å². The molecule has 2 N–H and O–H groups in total. The Labute approximate surface area is 145 Å². The Kier molecular flexibility index (Phi) is 6.18. The van der Waals surface area contributed by atoms with Gasteiger partial charge in [0, 0.05) is 16.7 Å². The number of rotatable bonds is 7. The summed E-state index contributed by atoms with van der Waals surface area (Å²) in [5.41, 5.74) is 1.83. The second-order valence-corrected chi connectivity index (χ2v) is 7.20. The van der Waals surface area contributed by atoms with Crippen LogP contribution in [-0.2, 0) is 9.59 Å². The number of nitrogens with zero attached hydrogens (tertiary/aromatic N) is 1. The summed E-state index contributed by atoms with van der Waals surface area (Å²) < 4.78 is 1.01. The van der Waals surface area contributed by atoms with Gasteiger partial charge in [0.05, 0.1) is 11.8 Å². The van der Waals surface area contributed by atoms with Crippen LogP contribution in [0.4, 0.5) is 5.69 Å². The molecule has 1 aliphatic carbocycles. The minimum absolute atomic E-state index is 0.00380. The molecule has 2 atom stereocenters. The van der Waals surface area contributed by atoms with Crippen molar-refractivity contribution in [2.24, 2.45) is 11.8 Å². The molecule has 2 unspecified atom stereocenters. The normalized spacial score (nSPS) is 19.5. The molecule has 2 amide bonds. The van der Waals surface area contributed by atoms with Crippen LogP contribution in [0.15, 0.2) is 22.7 Å². The molecule has 1 aromatic rings. The minimum Gasteiger partial charge on any atom is -0.356 e. The summed E-state index contributed by atoms with van der Waals surface area (Å²) in [6, 6.07) is 5.68. The van der Waals surface area contributed by atoms with Gasteiger partial charge in [-0.25, -0.2) is 0 Å². The lowest BCUT2D eigenvalue weighted by atomic mass is 10.2. The highest BCUT2D eigenvalue weighted by molar-refractivity contribution is 9.10. The van der Waals surface area contributed by atoms with Gasteiger partial charge in [-0.05, 0) is 64.2 Å². The fraction of sp³-hybridized carbons (Fsp3) is 0.529. The number of benzene rings is 1. The first-order chi connectivity index (χ1) is 10.9. The average molecular weight is 382 g/mol. The third kappa shape index (κ3) is 5.32. The number of nitrogens with one attached hydrogen (secondary N) is 2. The van der Waals surface area contributed by atoms with Crippen LogP contribution in [0.3, 0.4) is 0 Å². The number of carbonyl (C=O) groups excluding carboxylic acids is 2. The van der Waals surface area contributed by atoms with Gasteiger partial charge in [0.25, 0.3) is 0 Å². The molecule has 0 spiro atoms. The largest absolute Gasteiger partial charge is 0.356 e. The zero-order valence-electron chi connectivity index (χ0n) is 13.9. The summed E-state index contributed by atoms with van der Waals surface area (Å²) >= 11 is 3.44. The van der Waals surface area contributed by atoms with E-state index < -0.39 is 0 Å². The molecule has 0 saturated heterocycles. The number of hydrogen-bond acceptors (Lipinski definition) is 3. The molecular formula is C17H24BrN3O2. The monoisotopic (exact) mass is 381 g/mol. The van der Waals surface area contributed by atoms with Gasteiger partial charge in [0.2, 0.25) is 11.8 Å². The maximum Gasteiger partial charge on any atom is 0.228 e. The van der Waals surface area contributed by atoms with E-state index in [9.17, 15) is 9.59 Å². The third-order valence-corrected chi connectivity index (χ3v) is 4.86. The topological polar surface area (TPSA) is 61.4 Å². The molecule has 6 heteroatoms. The molecular weight excluding hydrogens is 358 g/mol. The zero-order chi connectivity index (χ0) is 17.0. The van der Waals surface area contributed by atoms with Crippen molar-refractivity contribution in [3.8, 4) is 0 Å². The second-order valence-electron chi connectivity index (χ2n) is 6.35. The van der Waals surface area contributed by atoms with Crippen LogP contribution in [-0.4, -0.2) is 43.9 Å². The Bertz CT molecular complexity index is 589. The molecule has 0 aromatic heterocycles. The fourth-order valence-electron chi connectivity index (χ4n) is 2.47. The quantitative estimate of drug-likeness (QED) is 0.712. The van der Waals surface area contributed by atoms with E-state index in [4.69, 9.17) is 0 Å². The molecule has 5 nitrogen and oxygen atoms in total. The predicted molar refractivity (Wildman–Crippen MR) is 95.3 cm³/mol. The number of carbonyl (C=O) groups is 2. The average Bonchev–Trinajstić information content (AvgIpc) is 3.27. The van der Waals surface area contributed by atoms with E-state index in [1.807, 2.05) is 39.2 Å². The van der Waals surface area contributed by atoms with Crippen LogP contribution in [0.1, 0.15) is 18.4 Å². The molecule has 126 valence electrons. The molecule has 0 radical (unpaired) electrons. The molecule has 2 rings (SSSR count). The van der Waals surface area contributed by atoms with E-state index in [0.29, 0.717) is 13.0 Å². The number of anilines is 1. The Morgan fingerprint density at radius 1 is 1.26 bits per heavy atom. The van der Waals surface area contributed by atoms with E-state index >= 15 is 0 Å². The van der Waals surface area contributed by atoms with Gasteiger partial charge in [-0.15, -0.1) is 0 Å². The Balaban J connectivity index is 1.75. The van der Waals surface area contributed by atoms with Crippen LogP contribution in [0.5, 0.6) is 0 Å². The smallest absolute Gasteiger partial charge is 0.228 e. The molecule has 0 bridgehead atoms. The van der Waals surface area contributed by atoms with Gasteiger partial charge in [0.1, 0.15) is 0 Å². The van der Waals surface area contributed by atoms with Crippen LogP contribution in [0, 0.1) is 18.8 Å². The Morgan fingerprint density at radius 2 is 1.96 bits per heavy atom. The number of hydrogen-bond donors (Lipinski definition) is 2. The molecule has 1 aliphatic rings. The Hall–Kier alpha value is -1.40. The van der Waals surface area contributed by atoms with Crippen molar-refractivity contribution in [3.63, 3.8) is 0 Å². The summed E-state index contributed by atoms with van der Waals surface area (Å²) in [5, 5.41) is 5.81. The summed E-state index contributed by atoms with van der Waals surface area (Å²) in [4.78, 5) is 26.3. The molecule has 1 fully saturated rings. The maximum absolute atomic E-state index is 12.2. The molecule has 0 heterocycles. The molecule has 1 saturated carbocycles. The summed E-state index contributed by atoms with van der Waals surface area (Å²) in [7, 11) is 4.01. The first kappa shape index (κ1) is 17.9. The lowest BCUT2D eigenvalue weighted by Gasteiger charge is -2.10. The SMILES string of the molecule is Cc1cc(NC(=O)C2CC2C(=O)NCCCN(C)C)ccc1Br. The van der Waals surface area contributed by atoms with Crippen molar-refractivity contribution in [1.29, 1.82) is 0 Å². The summed E-state index contributed by atoms with van der Waals surface area (Å²) in [6.45, 7) is 3.58. The summed E-state index contributed by atoms with van der Waals surface area (Å²) in [6.07, 6.45) is 1.56. The van der Waals surface area contributed by atoms with Crippen LogP contribution in [0.25, 0.3) is 0 Å². The van der Waals surface area contributed by atoms with E-state index in [0.717, 1.165) is 28.7 Å². The standard InChI is InChI=1S/C17H24BrN3O2/c1-11-9-12(5-6-15(11)18)20-17(23)14-10-13(14)16(22)19-7-4-8-21(2)3/h5-6,9,13-14H,4,7-8,10H2,1-3H3,(H,19,22)(H,20,23). The van der Waals surface area contributed by atoms with Crippen molar-refractivity contribution in [2.75, 3.05) is 32.5 Å². The summed E-state index contributed by atoms with van der Waals surface area (Å²) in [5.74, 6) is -0.449. The van der Waals surface area contributed by atoms with Crippen molar-refractivity contribution < 1.29 is 9.59 Å². The van der Waals surface area contributed by atoms with Gasteiger partial charge in [0.15, 0.2) is 0 Å². The molecule has 23 heavy (non-hydrogen) atoms. The number of amides is 2. The van der Waals surface area contributed by atoms with Gasteiger partial charge >= 0.3 is 0 Å². The highest BCUT2D eigenvalue weighted by atomic mass is 79.9. The number of halogens is 1. The third-order valence-electron chi connectivity index (χ3n) is 3.97. The molecule has 0 aliphatic heterocycles. The van der Waals surface area contributed by atoms with Crippen LogP contribution >= 0.6 is 15.9 Å². The van der Waals surface area contributed by atoms with Gasteiger partial charge in [-0.3, -0.25) is 9.59 Å². The predicted octanol–water partition coefficient (Wildman–Crippen LogP) is 2.40. The van der Waals surface area contributed by atoms with Crippen LogP contribution < -0.4 is 10.6 Å². The van der Waals surface area contributed by atoms with E-state index in [1.165, 1.54) is 0 Å². The van der Waals surface area contributed by atoms with E-state index in [2.05, 4.69) is 31.5 Å². The van der Waals surface area contributed by atoms with Crippen molar-refractivity contribution in [3.05, 3.63) is 28.2 Å². The van der Waals surface area contributed by atoms with Gasteiger partial charge in [-0.1, -0.05) is 15.9 Å². The van der Waals surface area contributed by atoms with Gasteiger partial charge < -0.3 is 15.5 Å². The highest BCUT2D eigenvalue weighted by Gasteiger charge is 2.47.